The van der Waals surface area contributed by atoms with Crippen LogP contribution in [0.25, 0.3) is 10.8 Å². The maximum absolute atomic E-state index is 12.0. The van der Waals surface area contributed by atoms with Crippen LogP contribution in [0, 0.1) is 0 Å². The molecule has 2 aromatic rings. The summed E-state index contributed by atoms with van der Waals surface area (Å²) in [4.78, 5) is 27.7. The highest BCUT2D eigenvalue weighted by Crippen LogP contribution is 2.25. The number of anilines is 1. The summed E-state index contributed by atoms with van der Waals surface area (Å²) in [5.74, 6) is -0.250. The van der Waals surface area contributed by atoms with Crippen molar-refractivity contribution in [2.45, 2.75) is 18.9 Å². The molecule has 2 N–H and O–H groups in total. The number of H-pyrrole nitrogens is 1. The molecule has 0 amide bonds. The third kappa shape index (κ3) is 1.97. The van der Waals surface area contributed by atoms with Gasteiger partial charge in [-0.1, -0.05) is 18.2 Å². The van der Waals surface area contributed by atoms with Crippen LogP contribution in [0.4, 0.5) is 5.82 Å². The Bertz CT molecular complexity index is 692. The van der Waals surface area contributed by atoms with E-state index < -0.39 is 12.0 Å². The van der Waals surface area contributed by atoms with Gasteiger partial charge in [0.1, 0.15) is 11.9 Å². The molecule has 0 bridgehead atoms. The van der Waals surface area contributed by atoms with Crippen LogP contribution >= 0.6 is 0 Å². The molecule has 5 nitrogen and oxygen atoms in total. The monoisotopic (exact) mass is 258 g/mol. The number of carboxylic acids is 1. The SMILES string of the molecule is O=C(O)C1CCCN1c1cc2ccccc2c(=O)[nH]1. The summed E-state index contributed by atoms with van der Waals surface area (Å²) in [6, 6.07) is 8.60. The standard InChI is InChI=1S/C14H14N2O3/c17-13-10-5-2-1-4-9(10)8-12(15-13)16-7-3-6-11(16)14(18)19/h1-2,4-5,8,11H,3,6-7H2,(H,15,17)(H,18,19). The largest absolute Gasteiger partial charge is 0.480 e. The first-order valence-corrected chi connectivity index (χ1v) is 6.28. The number of carbonyl (C=O) groups is 1. The Morgan fingerprint density at radius 1 is 1.37 bits per heavy atom. The minimum Gasteiger partial charge on any atom is -0.480 e. The third-order valence-corrected chi connectivity index (χ3v) is 3.59. The summed E-state index contributed by atoms with van der Waals surface area (Å²) in [5.41, 5.74) is -0.177. The highest BCUT2D eigenvalue weighted by molar-refractivity contribution is 5.85. The van der Waals surface area contributed by atoms with E-state index in [1.54, 1.807) is 11.0 Å². The Kier molecular flexibility index (Phi) is 2.74. The van der Waals surface area contributed by atoms with Crippen LogP contribution in [0.2, 0.25) is 0 Å². The molecule has 1 aliphatic rings. The van der Waals surface area contributed by atoms with Gasteiger partial charge in [-0.2, -0.15) is 0 Å². The minimum atomic E-state index is -0.841. The van der Waals surface area contributed by atoms with E-state index >= 15 is 0 Å². The van der Waals surface area contributed by atoms with Crippen molar-refractivity contribution in [3.8, 4) is 0 Å². The smallest absolute Gasteiger partial charge is 0.326 e. The van der Waals surface area contributed by atoms with Gasteiger partial charge in [-0.3, -0.25) is 4.79 Å². The number of nitrogens with zero attached hydrogens (tertiary/aromatic N) is 1. The fourth-order valence-corrected chi connectivity index (χ4v) is 2.66. The maximum atomic E-state index is 12.0. The van der Waals surface area contributed by atoms with Gasteiger partial charge in [-0.25, -0.2) is 4.79 Å². The van der Waals surface area contributed by atoms with Gasteiger partial charge < -0.3 is 15.0 Å². The van der Waals surface area contributed by atoms with Crippen LogP contribution < -0.4 is 10.5 Å². The Morgan fingerprint density at radius 3 is 2.95 bits per heavy atom. The molecule has 0 spiro atoms. The summed E-state index contributed by atoms with van der Waals surface area (Å²) in [6.45, 7) is 0.658. The van der Waals surface area contributed by atoms with E-state index in [-0.39, 0.29) is 5.56 Å². The molecule has 1 saturated heterocycles. The lowest BCUT2D eigenvalue weighted by Crippen LogP contribution is -2.37. The highest BCUT2D eigenvalue weighted by atomic mass is 16.4. The van der Waals surface area contributed by atoms with Crippen molar-refractivity contribution in [2.75, 3.05) is 11.4 Å². The minimum absolute atomic E-state index is 0.177. The molecule has 0 radical (unpaired) electrons. The van der Waals surface area contributed by atoms with E-state index in [4.69, 9.17) is 0 Å². The Morgan fingerprint density at radius 2 is 2.16 bits per heavy atom. The number of nitrogens with one attached hydrogen (secondary N) is 1. The molecule has 1 aromatic carbocycles. The predicted octanol–water partition coefficient (Wildman–Crippen LogP) is 1.58. The summed E-state index contributed by atoms with van der Waals surface area (Å²) in [7, 11) is 0. The van der Waals surface area contributed by atoms with Gasteiger partial charge in [0.05, 0.1) is 0 Å². The summed E-state index contributed by atoms with van der Waals surface area (Å²) < 4.78 is 0. The lowest BCUT2D eigenvalue weighted by molar-refractivity contribution is -0.138. The van der Waals surface area contributed by atoms with Crippen molar-refractivity contribution in [1.82, 2.24) is 4.98 Å². The van der Waals surface area contributed by atoms with Crippen LogP contribution in [0.1, 0.15) is 12.8 Å². The third-order valence-electron chi connectivity index (χ3n) is 3.59. The number of benzene rings is 1. The molecule has 1 fully saturated rings. The molecule has 0 aliphatic carbocycles. The number of aromatic nitrogens is 1. The normalized spacial score (nSPS) is 18.9. The van der Waals surface area contributed by atoms with Crippen molar-refractivity contribution in [1.29, 1.82) is 0 Å². The summed E-state index contributed by atoms with van der Waals surface area (Å²) >= 11 is 0. The molecule has 2 heterocycles. The van der Waals surface area contributed by atoms with Crippen LogP contribution in [-0.2, 0) is 4.79 Å². The molecule has 1 aliphatic heterocycles. The Balaban J connectivity index is 2.10. The fourth-order valence-electron chi connectivity index (χ4n) is 2.66. The van der Waals surface area contributed by atoms with Crippen molar-refractivity contribution in [3.05, 3.63) is 40.7 Å². The van der Waals surface area contributed by atoms with Crippen molar-refractivity contribution in [2.24, 2.45) is 0 Å². The molecular formula is C14H14N2O3. The number of hydrogen-bond acceptors (Lipinski definition) is 3. The zero-order valence-corrected chi connectivity index (χ0v) is 10.3. The van der Waals surface area contributed by atoms with E-state index in [0.717, 1.165) is 11.8 Å². The number of carboxylic acid groups (broad SMARTS) is 1. The van der Waals surface area contributed by atoms with Crippen molar-refractivity contribution < 1.29 is 9.90 Å². The van der Waals surface area contributed by atoms with Gasteiger partial charge in [0.2, 0.25) is 0 Å². The van der Waals surface area contributed by atoms with Gasteiger partial charge in [-0.05, 0) is 30.4 Å². The first-order valence-electron chi connectivity index (χ1n) is 6.28. The number of pyridine rings is 1. The van der Waals surface area contributed by atoms with E-state index in [9.17, 15) is 14.7 Å². The number of rotatable bonds is 2. The van der Waals surface area contributed by atoms with Crippen LogP contribution in [0.5, 0.6) is 0 Å². The average molecular weight is 258 g/mol. The van der Waals surface area contributed by atoms with Crippen molar-refractivity contribution >= 4 is 22.6 Å². The van der Waals surface area contributed by atoms with Crippen LogP contribution in [-0.4, -0.2) is 28.6 Å². The first kappa shape index (κ1) is 11.8. The number of hydrogen-bond donors (Lipinski definition) is 2. The number of fused-ring (bicyclic) bond motifs is 1. The molecule has 1 unspecified atom stereocenters. The molecule has 19 heavy (non-hydrogen) atoms. The number of aliphatic carboxylic acids is 1. The lowest BCUT2D eigenvalue weighted by atomic mass is 10.1. The first-order chi connectivity index (χ1) is 9.16. The second kappa shape index (κ2) is 4.42. The molecule has 3 rings (SSSR count). The second-order valence-electron chi connectivity index (χ2n) is 4.76. The van der Waals surface area contributed by atoms with Gasteiger partial charge in [0, 0.05) is 11.9 Å². The van der Waals surface area contributed by atoms with Crippen molar-refractivity contribution in [3.63, 3.8) is 0 Å². The summed E-state index contributed by atoms with van der Waals surface area (Å²) in [5, 5.41) is 10.6. The molecule has 1 aromatic heterocycles. The highest BCUT2D eigenvalue weighted by Gasteiger charge is 2.31. The topological polar surface area (TPSA) is 73.4 Å². The zero-order valence-electron chi connectivity index (χ0n) is 10.3. The van der Waals surface area contributed by atoms with E-state index in [2.05, 4.69) is 4.98 Å². The van der Waals surface area contributed by atoms with Gasteiger partial charge in [-0.15, -0.1) is 0 Å². The quantitative estimate of drug-likeness (QED) is 0.857. The molecule has 1 atom stereocenters. The van der Waals surface area contributed by atoms with Crippen LogP contribution in [0.15, 0.2) is 35.1 Å². The molecule has 0 saturated carbocycles. The van der Waals surface area contributed by atoms with E-state index in [1.165, 1.54) is 0 Å². The fraction of sp³-hybridized carbons (Fsp3) is 0.286. The van der Waals surface area contributed by atoms with Crippen LogP contribution in [0.3, 0.4) is 0 Å². The van der Waals surface area contributed by atoms with Gasteiger partial charge in [0.15, 0.2) is 0 Å². The van der Waals surface area contributed by atoms with Gasteiger partial charge >= 0.3 is 5.97 Å². The van der Waals surface area contributed by atoms with E-state index in [0.29, 0.717) is 24.2 Å². The molecular weight excluding hydrogens is 244 g/mol. The number of aromatic amines is 1. The zero-order chi connectivity index (χ0) is 13.4. The Hall–Kier alpha value is -2.30. The Labute approximate surface area is 109 Å². The van der Waals surface area contributed by atoms with Gasteiger partial charge in [0.25, 0.3) is 5.56 Å². The predicted molar refractivity (Wildman–Crippen MR) is 72.6 cm³/mol. The average Bonchev–Trinajstić information content (AvgIpc) is 2.88. The molecule has 5 heteroatoms. The second-order valence-corrected chi connectivity index (χ2v) is 4.76. The lowest BCUT2D eigenvalue weighted by Gasteiger charge is -2.23. The molecule has 98 valence electrons. The maximum Gasteiger partial charge on any atom is 0.326 e. The summed E-state index contributed by atoms with van der Waals surface area (Å²) in [6.07, 6.45) is 1.44. The van der Waals surface area contributed by atoms with E-state index in [1.807, 2.05) is 24.3 Å².